The largest absolute Gasteiger partial charge is 0.462 e. The van der Waals surface area contributed by atoms with Gasteiger partial charge in [-0.05, 0) is 64.0 Å². The highest BCUT2D eigenvalue weighted by Crippen LogP contribution is 2.35. The summed E-state index contributed by atoms with van der Waals surface area (Å²) in [6, 6.07) is 7.44. The summed E-state index contributed by atoms with van der Waals surface area (Å²) in [5, 5.41) is 2.93. The van der Waals surface area contributed by atoms with Crippen LogP contribution < -0.4 is 5.32 Å². The zero-order valence-electron chi connectivity index (χ0n) is 17.5. The van der Waals surface area contributed by atoms with Crippen molar-refractivity contribution < 1.29 is 23.9 Å². The average Bonchev–Trinajstić information content (AvgIpc) is 2.96. The fourth-order valence-corrected chi connectivity index (χ4v) is 3.81. The average molecular weight is 494 g/mol. The third-order valence-corrected chi connectivity index (χ3v) is 5.46. The maximum absolute atomic E-state index is 12.6. The van der Waals surface area contributed by atoms with Gasteiger partial charge in [-0.3, -0.25) is 4.79 Å². The van der Waals surface area contributed by atoms with Gasteiger partial charge in [0.05, 0.1) is 12.2 Å². The Bertz CT molecular complexity index is 971. The lowest BCUT2D eigenvalue weighted by Gasteiger charge is -2.19. The molecule has 0 fully saturated rings. The number of nitrogens with one attached hydrogen (secondary N) is 1. The molecule has 0 aliphatic rings. The molecule has 0 saturated heterocycles. The van der Waals surface area contributed by atoms with Gasteiger partial charge in [-0.2, -0.15) is 0 Å². The van der Waals surface area contributed by atoms with Crippen LogP contribution in [0.2, 0.25) is 0 Å². The van der Waals surface area contributed by atoms with E-state index in [-0.39, 0.29) is 22.0 Å². The molecule has 6 nitrogen and oxygen atoms in total. The van der Waals surface area contributed by atoms with Crippen LogP contribution in [0.1, 0.15) is 58.9 Å². The molecule has 8 heteroatoms. The highest BCUT2D eigenvalue weighted by atomic mass is 79.9. The Morgan fingerprint density at radius 1 is 1.13 bits per heavy atom. The van der Waals surface area contributed by atoms with Crippen molar-refractivity contribution in [2.45, 2.75) is 40.2 Å². The highest BCUT2D eigenvalue weighted by Gasteiger charge is 2.29. The number of thiophene rings is 1. The van der Waals surface area contributed by atoms with Crippen LogP contribution in [0.3, 0.4) is 0 Å². The van der Waals surface area contributed by atoms with Crippen LogP contribution in [0.5, 0.6) is 0 Å². The zero-order chi connectivity index (χ0) is 22.5. The van der Waals surface area contributed by atoms with Crippen molar-refractivity contribution in [3.63, 3.8) is 0 Å². The fraction of sp³-hybridized carbons (Fsp3) is 0.318. The Balaban J connectivity index is 2.31. The number of hydrogen-bond acceptors (Lipinski definition) is 6. The molecule has 1 aromatic heterocycles. The molecule has 30 heavy (non-hydrogen) atoms. The Labute approximate surface area is 188 Å². The summed E-state index contributed by atoms with van der Waals surface area (Å²) in [4.78, 5) is 37.7. The first-order chi connectivity index (χ1) is 14.0. The van der Waals surface area contributed by atoms with Gasteiger partial charge in [0.15, 0.2) is 0 Å². The van der Waals surface area contributed by atoms with Gasteiger partial charge >= 0.3 is 11.9 Å². The number of rotatable bonds is 6. The number of hydrogen-bond donors (Lipinski definition) is 1. The van der Waals surface area contributed by atoms with Gasteiger partial charge in [-0.25, -0.2) is 9.59 Å². The van der Waals surface area contributed by atoms with Crippen LogP contribution in [0, 0.1) is 6.92 Å². The summed E-state index contributed by atoms with van der Waals surface area (Å²) in [6.07, 6.45) is 3.02. The van der Waals surface area contributed by atoms with E-state index in [4.69, 9.17) is 9.47 Å². The van der Waals surface area contributed by atoms with Gasteiger partial charge in [0, 0.05) is 10.5 Å². The van der Waals surface area contributed by atoms with E-state index in [1.165, 1.54) is 6.08 Å². The molecule has 0 saturated carbocycles. The van der Waals surface area contributed by atoms with E-state index in [1.807, 2.05) is 24.3 Å². The minimum atomic E-state index is -0.686. The zero-order valence-corrected chi connectivity index (χ0v) is 19.9. The van der Waals surface area contributed by atoms with Crippen LogP contribution in [0.15, 0.2) is 34.8 Å². The number of anilines is 1. The fourth-order valence-electron chi connectivity index (χ4n) is 2.47. The second-order valence-corrected chi connectivity index (χ2v) is 9.29. The van der Waals surface area contributed by atoms with Gasteiger partial charge in [0.2, 0.25) is 5.91 Å². The van der Waals surface area contributed by atoms with E-state index in [1.54, 1.807) is 40.7 Å². The predicted molar refractivity (Wildman–Crippen MR) is 122 cm³/mol. The highest BCUT2D eigenvalue weighted by molar-refractivity contribution is 9.10. The molecule has 1 aromatic carbocycles. The smallest absolute Gasteiger partial charge is 0.349 e. The monoisotopic (exact) mass is 493 g/mol. The number of esters is 2. The molecule has 0 bridgehead atoms. The van der Waals surface area contributed by atoms with Gasteiger partial charge < -0.3 is 14.8 Å². The normalized spacial score (nSPS) is 11.4. The number of amides is 1. The molecule has 1 amide bonds. The van der Waals surface area contributed by atoms with E-state index in [2.05, 4.69) is 21.2 Å². The van der Waals surface area contributed by atoms with E-state index in [9.17, 15) is 14.4 Å². The van der Waals surface area contributed by atoms with Gasteiger partial charge in [-0.15, -0.1) is 11.3 Å². The third kappa shape index (κ3) is 6.53. The number of benzene rings is 1. The first kappa shape index (κ1) is 23.8. The first-order valence-electron chi connectivity index (χ1n) is 9.30. The second kappa shape index (κ2) is 10.0. The molecule has 0 radical (unpaired) electrons. The van der Waals surface area contributed by atoms with Gasteiger partial charge in [0.25, 0.3) is 0 Å². The van der Waals surface area contributed by atoms with E-state index in [0.29, 0.717) is 5.56 Å². The van der Waals surface area contributed by atoms with E-state index >= 15 is 0 Å². The minimum Gasteiger partial charge on any atom is -0.462 e. The summed E-state index contributed by atoms with van der Waals surface area (Å²) >= 11 is 4.35. The molecule has 2 aromatic rings. The van der Waals surface area contributed by atoms with Crippen LogP contribution in [0.25, 0.3) is 6.08 Å². The summed E-state index contributed by atoms with van der Waals surface area (Å²) in [7, 11) is 0. The summed E-state index contributed by atoms with van der Waals surface area (Å²) < 4.78 is 11.5. The predicted octanol–water partition coefficient (Wildman–Crippen LogP) is 5.60. The number of carbonyl (C=O) groups is 3. The molecule has 0 spiro atoms. The number of halogens is 1. The molecule has 1 heterocycles. The van der Waals surface area contributed by atoms with Crippen LogP contribution in [-0.2, 0) is 14.3 Å². The van der Waals surface area contributed by atoms with Crippen molar-refractivity contribution in [3.8, 4) is 0 Å². The van der Waals surface area contributed by atoms with Crippen molar-refractivity contribution in [1.82, 2.24) is 0 Å². The number of carbonyl (C=O) groups excluding carboxylic acids is 3. The third-order valence-electron chi connectivity index (χ3n) is 3.74. The Hall–Kier alpha value is -2.45. The maximum Gasteiger partial charge on any atom is 0.349 e. The topological polar surface area (TPSA) is 81.7 Å². The standard InChI is InChI=1S/C22H24BrNO5S/c1-6-28-20(26)17-13(2)18(21(27)29-22(3,4)5)30-19(17)24-16(25)12-9-14-7-10-15(23)11-8-14/h7-12H,6H2,1-5H3,(H,24,25)/b12-9+. The molecule has 1 N–H and O–H groups in total. The molecule has 0 atom stereocenters. The summed E-state index contributed by atoms with van der Waals surface area (Å²) in [5.74, 6) is -1.59. The van der Waals surface area contributed by atoms with Gasteiger partial charge in [-0.1, -0.05) is 28.1 Å². The van der Waals surface area contributed by atoms with Crippen molar-refractivity contribution >= 4 is 56.2 Å². The minimum absolute atomic E-state index is 0.160. The van der Waals surface area contributed by atoms with Crippen molar-refractivity contribution in [1.29, 1.82) is 0 Å². The molecule has 160 valence electrons. The molecule has 2 rings (SSSR count). The lowest BCUT2D eigenvalue weighted by atomic mass is 10.1. The molecule has 0 aliphatic heterocycles. The molecule has 0 aliphatic carbocycles. The molecular formula is C22H24BrNO5S. The van der Waals surface area contributed by atoms with Crippen molar-refractivity contribution in [3.05, 3.63) is 56.4 Å². The Morgan fingerprint density at radius 3 is 2.33 bits per heavy atom. The lowest BCUT2D eigenvalue weighted by molar-refractivity contribution is -0.111. The molecular weight excluding hydrogens is 470 g/mol. The van der Waals surface area contributed by atoms with E-state index < -0.39 is 23.4 Å². The van der Waals surface area contributed by atoms with Crippen molar-refractivity contribution in [2.75, 3.05) is 11.9 Å². The second-order valence-electron chi connectivity index (χ2n) is 7.36. The summed E-state index contributed by atoms with van der Waals surface area (Å²) in [6.45, 7) is 8.77. The summed E-state index contributed by atoms with van der Waals surface area (Å²) in [5.41, 5.74) is 0.734. The Kier molecular flexibility index (Phi) is 7.97. The van der Waals surface area contributed by atoms with E-state index in [0.717, 1.165) is 21.4 Å². The maximum atomic E-state index is 12.6. The Morgan fingerprint density at radius 2 is 1.77 bits per heavy atom. The first-order valence-corrected chi connectivity index (χ1v) is 10.9. The molecule has 0 unspecified atom stereocenters. The van der Waals surface area contributed by atoms with Gasteiger partial charge in [0.1, 0.15) is 15.5 Å². The van der Waals surface area contributed by atoms with Crippen LogP contribution in [-0.4, -0.2) is 30.1 Å². The SMILES string of the molecule is CCOC(=O)c1c(NC(=O)/C=C/c2ccc(Br)cc2)sc(C(=O)OC(C)(C)C)c1C. The van der Waals surface area contributed by atoms with Crippen molar-refractivity contribution in [2.24, 2.45) is 0 Å². The van der Waals surface area contributed by atoms with Crippen LogP contribution >= 0.6 is 27.3 Å². The quantitative estimate of drug-likeness (QED) is 0.418. The lowest BCUT2D eigenvalue weighted by Crippen LogP contribution is -2.23. The number of ether oxygens (including phenoxy) is 2. The van der Waals surface area contributed by atoms with Crippen LogP contribution in [0.4, 0.5) is 5.00 Å².